The van der Waals surface area contributed by atoms with Crippen molar-refractivity contribution in [3.63, 3.8) is 0 Å². The summed E-state index contributed by atoms with van der Waals surface area (Å²) >= 11 is 8.01. The summed E-state index contributed by atoms with van der Waals surface area (Å²) in [4.78, 5) is 16.6. The van der Waals surface area contributed by atoms with Crippen molar-refractivity contribution >= 4 is 38.9 Å². The normalized spacial score (nSPS) is 12.7. The quantitative estimate of drug-likeness (QED) is 0.463. The molecule has 0 saturated heterocycles. The average molecular weight is 477 g/mol. The Labute approximate surface area is 192 Å². The highest BCUT2D eigenvalue weighted by molar-refractivity contribution is 7.89. The predicted octanol–water partition coefficient (Wildman–Crippen LogP) is 4.93. The zero-order chi connectivity index (χ0) is 22.6. The van der Waals surface area contributed by atoms with Gasteiger partial charge in [0, 0.05) is 38.0 Å². The molecule has 8 heteroatoms. The summed E-state index contributed by atoms with van der Waals surface area (Å²) < 4.78 is 26.3. The van der Waals surface area contributed by atoms with Crippen LogP contribution in [0.15, 0.2) is 70.9 Å². The topological polar surface area (TPSA) is 57.7 Å². The molecule has 1 atom stereocenters. The smallest absolute Gasteiger partial charge is 0.255 e. The fraction of sp³-hybridized carbons (Fsp3) is 0.261. The summed E-state index contributed by atoms with van der Waals surface area (Å²) in [5.41, 5.74) is 1.17. The minimum absolute atomic E-state index is 0.0378. The summed E-state index contributed by atoms with van der Waals surface area (Å²) in [6, 6.07) is 17.9. The largest absolute Gasteiger partial charge is 0.331 e. The van der Waals surface area contributed by atoms with Gasteiger partial charge in [0.05, 0.1) is 15.5 Å². The maximum absolute atomic E-state index is 13.6. The average Bonchev–Trinajstić information content (AvgIpc) is 3.25. The molecule has 5 nitrogen and oxygen atoms in total. The van der Waals surface area contributed by atoms with Crippen LogP contribution in [0, 0.1) is 0 Å². The predicted molar refractivity (Wildman–Crippen MR) is 126 cm³/mol. The van der Waals surface area contributed by atoms with E-state index in [2.05, 4.69) is 0 Å². The number of carbonyl (C=O) groups is 1. The number of hydrogen-bond acceptors (Lipinski definition) is 4. The third kappa shape index (κ3) is 5.54. The first kappa shape index (κ1) is 23.5. The summed E-state index contributed by atoms with van der Waals surface area (Å²) in [6.45, 7) is 2.39. The fourth-order valence-electron chi connectivity index (χ4n) is 3.23. The van der Waals surface area contributed by atoms with Gasteiger partial charge in [0.25, 0.3) is 5.91 Å². The van der Waals surface area contributed by atoms with Gasteiger partial charge in [0.2, 0.25) is 10.0 Å². The van der Waals surface area contributed by atoms with Crippen molar-refractivity contribution in [1.82, 2.24) is 9.21 Å². The molecule has 164 valence electrons. The second-order valence-corrected chi connectivity index (χ2v) is 11.1. The molecular formula is C23H25ClN2O3S2. The number of carbonyl (C=O) groups excluding carboxylic acids is 1. The van der Waals surface area contributed by atoms with Crippen molar-refractivity contribution in [3.05, 3.63) is 87.1 Å². The van der Waals surface area contributed by atoms with Crippen LogP contribution in [0.3, 0.4) is 0 Å². The van der Waals surface area contributed by atoms with Crippen LogP contribution in [-0.4, -0.2) is 43.7 Å². The molecule has 0 fully saturated rings. The van der Waals surface area contributed by atoms with Gasteiger partial charge >= 0.3 is 0 Å². The zero-order valence-electron chi connectivity index (χ0n) is 17.7. The van der Waals surface area contributed by atoms with Gasteiger partial charge in [-0.1, -0.05) is 48.0 Å². The minimum Gasteiger partial charge on any atom is -0.331 e. The van der Waals surface area contributed by atoms with Crippen LogP contribution in [0.5, 0.6) is 0 Å². The number of thiophene rings is 1. The number of nitrogens with zero attached hydrogens (tertiary/aromatic N) is 2. The van der Waals surface area contributed by atoms with Crippen LogP contribution in [0.1, 0.15) is 27.7 Å². The molecule has 0 bridgehead atoms. The van der Waals surface area contributed by atoms with E-state index in [1.165, 1.54) is 37.2 Å². The van der Waals surface area contributed by atoms with E-state index in [-0.39, 0.29) is 27.4 Å². The highest BCUT2D eigenvalue weighted by atomic mass is 35.5. The molecule has 0 aliphatic carbocycles. The number of hydrogen-bond donors (Lipinski definition) is 0. The number of halogens is 1. The van der Waals surface area contributed by atoms with Gasteiger partial charge in [0.15, 0.2) is 0 Å². The van der Waals surface area contributed by atoms with Crippen molar-refractivity contribution < 1.29 is 13.2 Å². The Hall–Kier alpha value is -2.19. The molecule has 3 rings (SSSR count). The summed E-state index contributed by atoms with van der Waals surface area (Å²) in [5.74, 6) is -0.297. The van der Waals surface area contributed by atoms with Crippen molar-refractivity contribution in [2.24, 2.45) is 0 Å². The van der Waals surface area contributed by atoms with E-state index in [0.717, 1.165) is 9.87 Å². The number of sulfonamides is 1. The van der Waals surface area contributed by atoms with Crippen LogP contribution in [-0.2, 0) is 23.0 Å². The van der Waals surface area contributed by atoms with E-state index < -0.39 is 10.0 Å². The Morgan fingerprint density at radius 2 is 1.77 bits per heavy atom. The highest BCUT2D eigenvalue weighted by Gasteiger charge is 2.27. The number of amides is 1. The molecule has 0 radical (unpaired) electrons. The molecule has 1 amide bonds. The van der Waals surface area contributed by atoms with Crippen LogP contribution in [0.25, 0.3) is 0 Å². The standard InChI is InChI=1S/C23H25ClN2O3S2/c1-17(14-19-10-7-13-30-19)26(16-18-8-5-4-6-9-18)23(27)21-15-20(11-12-22(21)24)31(28,29)25(2)3/h4-13,15,17H,14,16H2,1-3H3/t17-/m0/s1. The third-order valence-electron chi connectivity index (χ3n) is 5.01. The molecule has 3 aromatic rings. The van der Waals surface area contributed by atoms with Gasteiger partial charge in [-0.3, -0.25) is 4.79 Å². The Balaban J connectivity index is 1.99. The van der Waals surface area contributed by atoms with Crippen molar-refractivity contribution in [2.75, 3.05) is 14.1 Å². The minimum atomic E-state index is -3.69. The second kappa shape index (κ2) is 9.96. The molecule has 0 unspecified atom stereocenters. The lowest BCUT2D eigenvalue weighted by Gasteiger charge is -2.30. The second-order valence-electron chi connectivity index (χ2n) is 7.48. The van der Waals surface area contributed by atoms with E-state index in [1.54, 1.807) is 16.2 Å². The molecular weight excluding hydrogens is 452 g/mol. The molecule has 0 spiro atoms. The molecule has 1 heterocycles. The zero-order valence-corrected chi connectivity index (χ0v) is 20.0. The lowest BCUT2D eigenvalue weighted by molar-refractivity contribution is 0.0676. The summed E-state index contributed by atoms with van der Waals surface area (Å²) in [5, 5.41) is 2.24. The molecule has 0 aliphatic heterocycles. The van der Waals surface area contributed by atoms with Gasteiger partial charge in [-0.15, -0.1) is 11.3 Å². The maximum atomic E-state index is 13.6. The number of benzene rings is 2. The van der Waals surface area contributed by atoms with E-state index in [1.807, 2.05) is 54.8 Å². The highest BCUT2D eigenvalue weighted by Crippen LogP contribution is 2.26. The van der Waals surface area contributed by atoms with Gasteiger partial charge in [0.1, 0.15) is 0 Å². The molecule has 1 aromatic heterocycles. The Morgan fingerprint density at radius 1 is 1.06 bits per heavy atom. The van der Waals surface area contributed by atoms with Crippen LogP contribution < -0.4 is 0 Å². The first-order chi connectivity index (χ1) is 14.7. The summed E-state index contributed by atoms with van der Waals surface area (Å²) in [6.07, 6.45) is 0.698. The van der Waals surface area contributed by atoms with E-state index in [4.69, 9.17) is 11.6 Å². The lowest BCUT2D eigenvalue weighted by atomic mass is 10.1. The van der Waals surface area contributed by atoms with Crippen molar-refractivity contribution in [2.45, 2.75) is 30.8 Å². The molecule has 0 N–H and O–H groups in total. The van der Waals surface area contributed by atoms with Crippen LogP contribution in [0.4, 0.5) is 0 Å². The first-order valence-electron chi connectivity index (χ1n) is 9.79. The Kier molecular flexibility index (Phi) is 7.54. The Bertz CT molecular complexity index is 1130. The fourth-order valence-corrected chi connectivity index (χ4v) is 5.19. The molecule has 0 saturated carbocycles. The molecule has 0 aliphatic rings. The maximum Gasteiger partial charge on any atom is 0.255 e. The van der Waals surface area contributed by atoms with Gasteiger partial charge in [-0.25, -0.2) is 12.7 Å². The van der Waals surface area contributed by atoms with Gasteiger partial charge < -0.3 is 4.90 Å². The van der Waals surface area contributed by atoms with E-state index in [9.17, 15) is 13.2 Å². The van der Waals surface area contributed by atoms with Crippen LogP contribution in [0.2, 0.25) is 5.02 Å². The number of rotatable bonds is 8. The van der Waals surface area contributed by atoms with Crippen molar-refractivity contribution in [3.8, 4) is 0 Å². The van der Waals surface area contributed by atoms with Gasteiger partial charge in [-0.2, -0.15) is 0 Å². The van der Waals surface area contributed by atoms with Crippen LogP contribution >= 0.6 is 22.9 Å². The monoisotopic (exact) mass is 476 g/mol. The molecule has 2 aromatic carbocycles. The van der Waals surface area contributed by atoms with E-state index in [0.29, 0.717) is 13.0 Å². The Morgan fingerprint density at radius 3 is 2.39 bits per heavy atom. The molecule has 31 heavy (non-hydrogen) atoms. The SMILES string of the molecule is C[C@@H](Cc1cccs1)N(Cc1ccccc1)C(=O)c1cc(S(=O)(=O)N(C)C)ccc1Cl. The van der Waals surface area contributed by atoms with Crippen molar-refractivity contribution in [1.29, 1.82) is 0 Å². The van der Waals surface area contributed by atoms with Gasteiger partial charge in [-0.05, 0) is 42.1 Å². The first-order valence-corrected chi connectivity index (χ1v) is 12.5. The lowest BCUT2D eigenvalue weighted by Crippen LogP contribution is -2.39. The summed E-state index contributed by atoms with van der Waals surface area (Å²) in [7, 11) is -0.781. The van der Waals surface area contributed by atoms with E-state index >= 15 is 0 Å². The third-order valence-corrected chi connectivity index (χ3v) is 8.05.